The highest BCUT2D eigenvalue weighted by Crippen LogP contribution is 2.66. The normalized spacial score (nSPS) is 43.2. The summed E-state index contributed by atoms with van der Waals surface area (Å²) in [7, 11) is 0. The smallest absolute Gasteiger partial charge is 0.303 e. The van der Waals surface area contributed by atoms with Crippen LogP contribution >= 0.6 is 0 Å². The molecule has 156 valence electrons. The Morgan fingerprint density at radius 2 is 1.97 bits per heavy atom. The Hall–Kier alpha value is -2.08. The van der Waals surface area contributed by atoms with Gasteiger partial charge in [0.15, 0.2) is 12.4 Å². The van der Waals surface area contributed by atoms with Crippen LogP contribution in [0.4, 0.5) is 0 Å². The second kappa shape index (κ2) is 6.46. The highest BCUT2D eigenvalue weighted by Gasteiger charge is 2.68. The third kappa shape index (κ3) is 2.71. The van der Waals surface area contributed by atoms with Crippen molar-refractivity contribution >= 4 is 23.3 Å². The average molecular weight is 400 g/mol. The van der Waals surface area contributed by atoms with Crippen LogP contribution in [-0.4, -0.2) is 40.6 Å². The molecule has 3 fully saturated rings. The molecule has 6 nitrogen and oxygen atoms in total. The SMILES string of the molecule is CC(=O)OCC(=O)[C@]1(O)CC[C@@H]2[C@H]3CCC4=CC(=O)C=C[C@@]4(C)[C@@H]3C(=O)C[C@@]21C. The third-order valence-electron chi connectivity index (χ3n) is 8.28. The number of allylic oxidation sites excluding steroid dienone is 4. The zero-order valence-corrected chi connectivity index (χ0v) is 17.2. The number of ether oxygens (including phenoxy) is 1. The van der Waals surface area contributed by atoms with E-state index in [1.165, 1.54) is 6.92 Å². The van der Waals surface area contributed by atoms with E-state index in [4.69, 9.17) is 4.74 Å². The van der Waals surface area contributed by atoms with Gasteiger partial charge in [0.25, 0.3) is 0 Å². The van der Waals surface area contributed by atoms with Crippen molar-refractivity contribution in [2.45, 2.75) is 58.5 Å². The Balaban J connectivity index is 1.67. The lowest BCUT2D eigenvalue weighted by atomic mass is 9.46. The van der Waals surface area contributed by atoms with Crippen molar-refractivity contribution in [3.63, 3.8) is 0 Å². The van der Waals surface area contributed by atoms with E-state index in [0.717, 1.165) is 18.4 Å². The van der Waals surface area contributed by atoms with Crippen molar-refractivity contribution < 1.29 is 29.0 Å². The Kier molecular flexibility index (Phi) is 4.50. The molecule has 4 rings (SSSR count). The fourth-order valence-electron chi connectivity index (χ4n) is 6.78. The molecule has 4 aliphatic carbocycles. The molecule has 0 unspecified atom stereocenters. The fraction of sp³-hybridized carbons (Fsp3) is 0.652. The van der Waals surface area contributed by atoms with Crippen LogP contribution in [0.3, 0.4) is 0 Å². The number of esters is 1. The Morgan fingerprint density at radius 1 is 1.24 bits per heavy atom. The molecule has 4 aliphatic rings. The van der Waals surface area contributed by atoms with Gasteiger partial charge in [-0.1, -0.05) is 25.5 Å². The first-order valence-electron chi connectivity index (χ1n) is 10.4. The number of carbonyl (C=O) groups is 4. The van der Waals surface area contributed by atoms with Crippen molar-refractivity contribution in [3.05, 3.63) is 23.8 Å². The molecule has 6 heteroatoms. The number of rotatable bonds is 3. The minimum absolute atomic E-state index is 0.0286. The maximum atomic E-state index is 13.4. The number of aliphatic hydroxyl groups is 1. The lowest BCUT2D eigenvalue weighted by Gasteiger charge is -2.56. The number of carbonyl (C=O) groups excluding carboxylic acids is 4. The van der Waals surface area contributed by atoms with Crippen LogP contribution in [0.5, 0.6) is 0 Å². The lowest BCUT2D eigenvalue weighted by molar-refractivity contribution is -0.172. The zero-order chi connectivity index (χ0) is 21.2. The predicted octanol–water partition coefficient (Wildman–Crippen LogP) is 2.34. The van der Waals surface area contributed by atoms with Crippen LogP contribution in [-0.2, 0) is 23.9 Å². The molecule has 0 aromatic rings. The van der Waals surface area contributed by atoms with Gasteiger partial charge in [-0.05, 0) is 49.7 Å². The molecule has 1 N–H and O–H groups in total. The van der Waals surface area contributed by atoms with Gasteiger partial charge >= 0.3 is 5.97 Å². The van der Waals surface area contributed by atoms with Crippen LogP contribution in [0.2, 0.25) is 0 Å². The second-order valence-corrected chi connectivity index (χ2v) is 9.64. The molecule has 29 heavy (non-hydrogen) atoms. The number of fused-ring (bicyclic) bond motifs is 5. The zero-order valence-electron chi connectivity index (χ0n) is 17.2. The molecule has 0 aliphatic heterocycles. The molecule has 0 radical (unpaired) electrons. The molecular formula is C23H28O6. The van der Waals surface area contributed by atoms with Crippen molar-refractivity contribution in [3.8, 4) is 0 Å². The van der Waals surface area contributed by atoms with Crippen molar-refractivity contribution in [2.24, 2.45) is 28.6 Å². The van der Waals surface area contributed by atoms with Gasteiger partial charge in [0.1, 0.15) is 11.4 Å². The van der Waals surface area contributed by atoms with E-state index < -0.39 is 34.8 Å². The van der Waals surface area contributed by atoms with E-state index in [9.17, 15) is 24.3 Å². The van der Waals surface area contributed by atoms with Gasteiger partial charge in [0, 0.05) is 30.1 Å². The minimum atomic E-state index is -1.66. The maximum Gasteiger partial charge on any atom is 0.303 e. The first kappa shape index (κ1) is 20.2. The summed E-state index contributed by atoms with van der Waals surface area (Å²) in [4.78, 5) is 49.2. The molecule has 0 spiro atoms. The molecule has 0 saturated heterocycles. The number of ketones is 3. The van der Waals surface area contributed by atoms with Crippen molar-refractivity contribution in [1.29, 1.82) is 0 Å². The minimum Gasteiger partial charge on any atom is -0.458 e. The first-order chi connectivity index (χ1) is 13.5. The van der Waals surface area contributed by atoms with Crippen molar-refractivity contribution in [1.82, 2.24) is 0 Å². The molecule has 0 bridgehead atoms. The second-order valence-electron chi connectivity index (χ2n) is 9.64. The van der Waals surface area contributed by atoms with Crippen LogP contribution in [0, 0.1) is 28.6 Å². The van der Waals surface area contributed by atoms with Crippen LogP contribution in [0.1, 0.15) is 52.9 Å². The number of Topliss-reactive ketones (excluding diaryl/α,β-unsaturated/α-hetero) is 2. The van der Waals surface area contributed by atoms with Gasteiger partial charge in [-0.3, -0.25) is 19.2 Å². The number of hydrogen-bond acceptors (Lipinski definition) is 6. The van der Waals surface area contributed by atoms with Gasteiger partial charge in [0.2, 0.25) is 5.78 Å². The van der Waals surface area contributed by atoms with Crippen molar-refractivity contribution in [2.75, 3.05) is 6.61 Å². The Morgan fingerprint density at radius 3 is 2.66 bits per heavy atom. The summed E-state index contributed by atoms with van der Waals surface area (Å²) >= 11 is 0. The highest BCUT2D eigenvalue weighted by molar-refractivity contribution is 6.02. The monoisotopic (exact) mass is 400 g/mol. The molecule has 3 saturated carbocycles. The quantitative estimate of drug-likeness (QED) is 0.730. The van der Waals surface area contributed by atoms with E-state index in [2.05, 4.69) is 0 Å². The van der Waals surface area contributed by atoms with Crippen LogP contribution in [0.25, 0.3) is 0 Å². The van der Waals surface area contributed by atoms with Gasteiger partial charge in [0.05, 0.1) is 0 Å². The number of hydrogen-bond donors (Lipinski definition) is 1. The summed E-state index contributed by atoms with van der Waals surface area (Å²) in [6, 6.07) is 0. The summed E-state index contributed by atoms with van der Waals surface area (Å²) in [5, 5.41) is 11.4. The van der Waals surface area contributed by atoms with Gasteiger partial charge < -0.3 is 9.84 Å². The summed E-state index contributed by atoms with van der Waals surface area (Å²) < 4.78 is 4.85. The lowest BCUT2D eigenvalue weighted by Crippen LogP contribution is -2.60. The van der Waals surface area contributed by atoms with Crippen LogP contribution < -0.4 is 0 Å². The molecule has 0 heterocycles. The average Bonchev–Trinajstić information content (AvgIpc) is 2.91. The maximum absolute atomic E-state index is 13.4. The molecule has 6 atom stereocenters. The van der Waals surface area contributed by atoms with Gasteiger partial charge in [-0.15, -0.1) is 0 Å². The molecule has 0 aromatic heterocycles. The van der Waals surface area contributed by atoms with E-state index in [-0.39, 0.29) is 42.2 Å². The summed E-state index contributed by atoms with van der Waals surface area (Å²) in [5.41, 5.74) is -1.99. The summed E-state index contributed by atoms with van der Waals surface area (Å²) in [5.74, 6) is -1.24. The summed E-state index contributed by atoms with van der Waals surface area (Å²) in [6.07, 6.45) is 7.68. The molecular weight excluding hydrogens is 372 g/mol. The Labute approximate surface area is 170 Å². The summed E-state index contributed by atoms with van der Waals surface area (Å²) in [6.45, 7) is 4.64. The fourth-order valence-corrected chi connectivity index (χ4v) is 6.78. The Bertz CT molecular complexity index is 869. The van der Waals surface area contributed by atoms with E-state index >= 15 is 0 Å². The predicted molar refractivity (Wildman–Crippen MR) is 104 cm³/mol. The topological polar surface area (TPSA) is 97.7 Å². The van der Waals surface area contributed by atoms with Gasteiger partial charge in [-0.25, -0.2) is 0 Å². The highest BCUT2D eigenvalue weighted by atomic mass is 16.5. The van der Waals surface area contributed by atoms with Gasteiger partial charge in [-0.2, -0.15) is 0 Å². The largest absolute Gasteiger partial charge is 0.458 e. The van der Waals surface area contributed by atoms with E-state index in [0.29, 0.717) is 6.42 Å². The van der Waals surface area contributed by atoms with E-state index in [1.54, 1.807) is 12.2 Å². The standard InChI is InChI=1S/C23H28O6/c1-13(24)29-12-19(27)23(28)9-7-17-16-5-4-14-10-15(25)6-8-21(14,2)20(16)18(26)11-22(17,23)3/h6,8,10,16-17,20,28H,4-5,7,9,11-12H2,1-3H3/t16-,17-,20+,21-,22+,23-/m1/s1. The van der Waals surface area contributed by atoms with Crippen LogP contribution in [0.15, 0.2) is 23.8 Å². The first-order valence-corrected chi connectivity index (χ1v) is 10.4. The molecule has 0 amide bonds. The van der Waals surface area contributed by atoms with E-state index in [1.807, 2.05) is 19.9 Å². The third-order valence-corrected chi connectivity index (χ3v) is 8.28. The molecule has 0 aromatic carbocycles.